The van der Waals surface area contributed by atoms with E-state index < -0.39 is 6.10 Å². The molecule has 0 bridgehead atoms. The molecule has 0 radical (unpaired) electrons. The van der Waals surface area contributed by atoms with Crippen molar-refractivity contribution in [3.63, 3.8) is 0 Å². The van der Waals surface area contributed by atoms with Crippen molar-refractivity contribution < 1.29 is 9.84 Å². The highest BCUT2D eigenvalue weighted by atomic mass is 79.9. The molecule has 0 saturated heterocycles. The van der Waals surface area contributed by atoms with E-state index in [0.29, 0.717) is 10.8 Å². The molecule has 2 nitrogen and oxygen atoms in total. The zero-order chi connectivity index (χ0) is 12.3. The van der Waals surface area contributed by atoms with Crippen molar-refractivity contribution in [1.29, 1.82) is 0 Å². The molecule has 0 heterocycles. The van der Waals surface area contributed by atoms with Crippen molar-refractivity contribution in [1.82, 2.24) is 0 Å². The van der Waals surface area contributed by atoms with Gasteiger partial charge in [0, 0.05) is 10.6 Å². The predicted octanol–water partition coefficient (Wildman–Crippen LogP) is 4.19. The van der Waals surface area contributed by atoms with Crippen LogP contribution >= 0.6 is 27.5 Å². The highest BCUT2D eigenvalue weighted by molar-refractivity contribution is 9.10. The highest BCUT2D eigenvalue weighted by Crippen LogP contribution is 2.38. The Labute approximate surface area is 110 Å². The summed E-state index contributed by atoms with van der Waals surface area (Å²) >= 11 is 9.35. The van der Waals surface area contributed by atoms with Gasteiger partial charge in [0.05, 0.1) is 17.7 Å². The first-order chi connectivity index (χ1) is 7.51. The second-order valence-electron chi connectivity index (χ2n) is 3.84. The van der Waals surface area contributed by atoms with Gasteiger partial charge in [0.15, 0.2) is 0 Å². The summed E-state index contributed by atoms with van der Waals surface area (Å²) in [6.45, 7) is 4.04. The third-order valence-electron chi connectivity index (χ3n) is 2.74. The standard InChI is InChI=1S/C12H16BrClO2/c1-4-7(2)11(15)9-5-8(14)6-10(13)12(9)16-3/h5-7,11,15H,4H2,1-3H3. The molecule has 1 aromatic carbocycles. The Hall–Kier alpha value is -0.250. The molecule has 0 aliphatic carbocycles. The summed E-state index contributed by atoms with van der Waals surface area (Å²) in [5.74, 6) is 0.816. The largest absolute Gasteiger partial charge is 0.495 e. The maximum absolute atomic E-state index is 10.2. The molecule has 1 aromatic rings. The van der Waals surface area contributed by atoms with E-state index in [1.54, 1.807) is 19.2 Å². The zero-order valence-corrected chi connectivity index (χ0v) is 12.0. The molecular weight excluding hydrogens is 291 g/mol. The predicted molar refractivity (Wildman–Crippen MR) is 70.1 cm³/mol. The lowest BCUT2D eigenvalue weighted by molar-refractivity contribution is 0.112. The molecule has 0 spiro atoms. The van der Waals surface area contributed by atoms with Gasteiger partial charge in [-0.2, -0.15) is 0 Å². The first-order valence-electron chi connectivity index (χ1n) is 5.22. The van der Waals surface area contributed by atoms with E-state index in [2.05, 4.69) is 15.9 Å². The molecule has 0 aliphatic rings. The number of rotatable bonds is 4. The molecule has 0 amide bonds. The fourth-order valence-corrected chi connectivity index (χ4v) is 2.54. The lowest BCUT2D eigenvalue weighted by Gasteiger charge is -2.21. The molecule has 0 fully saturated rings. The Morgan fingerprint density at radius 3 is 2.62 bits per heavy atom. The summed E-state index contributed by atoms with van der Waals surface area (Å²) in [4.78, 5) is 0. The third-order valence-corrected chi connectivity index (χ3v) is 3.55. The number of benzene rings is 1. The van der Waals surface area contributed by atoms with Gasteiger partial charge in [-0.25, -0.2) is 0 Å². The topological polar surface area (TPSA) is 29.5 Å². The monoisotopic (exact) mass is 306 g/mol. The van der Waals surface area contributed by atoms with Gasteiger partial charge in [0.25, 0.3) is 0 Å². The van der Waals surface area contributed by atoms with E-state index in [1.807, 2.05) is 13.8 Å². The van der Waals surface area contributed by atoms with Gasteiger partial charge in [-0.05, 0) is 34.0 Å². The van der Waals surface area contributed by atoms with E-state index >= 15 is 0 Å². The van der Waals surface area contributed by atoms with Gasteiger partial charge in [-0.3, -0.25) is 0 Å². The number of hydrogen-bond acceptors (Lipinski definition) is 2. The molecule has 16 heavy (non-hydrogen) atoms. The van der Waals surface area contributed by atoms with E-state index in [9.17, 15) is 5.11 Å². The van der Waals surface area contributed by atoms with Crippen LogP contribution in [0.4, 0.5) is 0 Å². The molecule has 0 aromatic heterocycles. The first-order valence-corrected chi connectivity index (χ1v) is 6.39. The third kappa shape index (κ3) is 2.90. The molecule has 1 rings (SSSR count). The van der Waals surface area contributed by atoms with Crippen molar-refractivity contribution in [2.45, 2.75) is 26.4 Å². The summed E-state index contributed by atoms with van der Waals surface area (Å²) in [5, 5.41) is 10.8. The summed E-state index contributed by atoms with van der Waals surface area (Å²) < 4.78 is 6.05. The molecule has 2 atom stereocenters. The molecule has 0 saturated carbocycles. The number of methoxy groups -OCH3 is 1. The minimum atomic E-state index is -0.560. The van der Waals surface area contributed by atoms with Crippen LogP contribution in [0, 0.1) is 5.92 Å². The van der Waals surface area contributed by atoms with Gasteiger partial charge in [0.2, 0.25) is 0 Å². The molecule has 1 N–H and O–H groups in total. The minimum absolute atomic E-state index is 0.166. The van der Waals surface area contributed by atoms with Gasteiger partial charge in [-0.1, -0.05) is 31.9 Å². The van der Waals surface area contributed by atoms with Crippen LogP contribution in [0.3, 0.4) is 0 Å². The Bertz CT molecular complexity index is 368. The number of ether oxygens (including phenoxy) is 1. The second-order valence-corrected chi connectivity index (χ2v) is 5.13. The SMILES string of the molecule is CCC(C)C(O)c1cc(Cl)cc(Br)c1OC. The summed E-state index contributed by atoms with van der Waals surface area (Å²) in [6.07, 6.45) is 0.337. The second kappa shape index (κ2) is 5.89. The van der Waals surface area contributed by atoms with E-state index in [-0.39, 0.29) is 5.92 Å². The molecule has 2 unspecified atom stereocenters. The average Bonchev–Trinajstić information content (AvgIpc) is 2.26. The van der Waals surface area contributed by atoms with Gasteiger partial charge >= 0.3 is 0 Å². The van der Waals surface area contributed by atoms with Crippen molar-refractivity contribution in [3.05, 3.63) is 27.2 Å². The quantitative estimate of drug-likeness (QED) is 0.903. The fraction of sp³-hybridized carbons (Fsp3) is 0.500. The fourth-order valence-electron chi connectivity index (χ4n) is 1.55. The normalized spacial score (nSPS) is 14.6. The lowest BCUT2D eigenvalue weighted by atomic mass is 9.95. The molecule has 0 aliphatic heterocycles. The maximum Gasteiger partial charge on any atom is 0.138 e. The van der Waals surface area contributed by atoms with E-state index in [4.69, 9.17) is 16.3 Å². The average molecular weight is 308 g/mol. The number of hydrogen-bond donors (Lipinski definition) is 1. The van der Waals surface area contributed by atoms with Crippen LogP contribution in [0.2, 0.25) is 5.02 Å². The van der Waals surface area contributed by atoms with Crippen molar-refractivity contribution in [2.75, 3.05) is 7.11 Å². The summed E-state index contributed by atoms with van der Waals surface area (Å²) in [7, 11) is 1.58. The minimum Gasteiger partial charge on any atom is -0.495 e. The summed E-state index contributed by atoms with van der Waals surface area (Å²) in [6, 6.07) is 3.51. The van der Waals surface area contributed by atoms with Crippen molar-refractivity contribution >= 4 is 27.5 Å². The van der Waals surface area contributed by atoms with Crippen LogP contribution in [0.5, 0.6) is 5.75 Å². The Morgan fingerprint density at radius 2 is 2.12 bits per heavy atom. The molecule has 90 valence electrons. The number of halogens is 2. The smallest absolute Gasteiger partial charge is 0.138 e. The summed E-state index contributed by atoms with van der Waals surface area (Å²) in [5.41, 5.74) is 0.733. The Balaban J connectivity index is 3.20. The molecule has 4 heteroatoms. The molecular formula is C12H16BrClO2. The van der Waals surface area contributed by atoms with Crippen LogP contribution in [0.15, 0.2) is 16.6 Å². The van der Waals surface area contributed by atoms with E-state index in [0.717, 1.165) is 16.5 Å². The Morgan fingerprint density at radius 1 is 1.50 bits per heavy atom. The maximum atomic E-state index is 10.2. The van der Waals surface area contributed by atoms with Gasteiger partial charge in [0.1, 0.15) is 5.75 Å². The van der Waals surface area contributed by atoms with Crippen molar-refractivity contribution in [2.24, 2.45) is 5.92 Å². The lowest BCUT2D eigenvalue weighted by Crippen LogP contribution is -2.10. The van der Waals surface area contributed by atoms with E-state index in [1.165, 1.54) is 0 Å². The van der Waals surface area contributed by atoms with Crippen molar-refractivity contribution in [3.8, 4) is 5.75 Å². The van der Waals surface area contributed by atoms with Gasteiger partial charge in [-0.15, -0.1) is 0 Å². The van der Waals surface area contributed by atoms with Gasteiger partial charge < -0.3 is 9.84 Å². The van der Waals surface area contributed by atoms with Crippen LogP contribution in [0.1, 0.15) is 31.9 Å². The Kier molecular flexibility index (Phi) is 5.09. The first kappa shape index (κ1) is 13.8. The zero-order valence-electron chi connectivity index (χ0n) is 9.63. The number of aliphatic hydroxyl groups is 1. The number of aliphatic hydroxyl groups excluding tert-OH is 1. The highest BCUT2D eigenvalue weighted by Gasteiger charge is 2.21. The van der Waals surface area contributed by atoms with Crippen LogP contribution in [-0.2, 0) is 0 Å². The van der Waals surface area contributed by atoms with Crippen LogP contribution in [-0.4, -0.2) is 12.2 Å². The van der Waals surface area contributed by atoms with Crippen LogP contribution < -0.4 is 4.74 Å². The van der Waals surface area contributed by atoms with Crippen LogP contribution in [0.25, 0.3) is 0 Å².